The molecule has 10 rings (SSSR count). The van der Waals surface area contributed by atoms with Crippen molar-refractivity contribution in [2.75, 3.05) is 36.1 Å². The van der Waals surface area contributed by atoms with Crippen LogP contribution in [0.25, 0.3) is 57.5 Å². The number of fused-ring (bicyclic) bond motifs is 2. The summed E-state index contributed by atoms with van der Waals surface area (Å²) in [4.78, 5) is 27.4. The first-order chi connectivity index (χ1) is 30.9. The smallest absolute Gasteiger partial charge is 0.259 e. The van der Waals surface area contributed by atoms with Crippen LogP contribution in [0, 0.1) is 0 Å². The van der Waals surface area contributed by atoms with Gasteiger partial charge in [0.25, 0.3) is 16.7 Å². The molecule has 0 amide bonds. The second kappa shape index (κ2) is 18.2. The Morgan fingerprint density at radius 3 is 1.56 bits per heavy atom. The number of aromatic nitrogens is 18. The molecule has 0 atom stereocenters. The molecule has 27 heteroatoms. The molecule has 2 aromatic carbocycles. The second-order valence-electron chi connectivity index (χ2n) is 13.6. The maximum Gasteiger partial charge on any atom is 0.259 e. The molecule has 26 nitrogen and oxygen atoms in total. The summed E-state index contributed by atoms with van der Waals surface area (Å²) in [5.41, 5.74) is 21.4. The summed E-state index contributed by atoms with van der Waals surface area (Å²) in [6.45, 7) is 1.29. The van der Waals surface area contributed by atoms with Gasteiger partial charge in [-0.05, 0) is 65.2 Å². The molecule has 0 saturated carbocycles. The third-order valence-electron chi connectivity index (χ3n) is 8.83. The summed E-state index contributed by atoms with van der Waals surface area (Å²) in [7, 11) is -0.0826. The van der Waals surface area contributed by atoms with E-state index in [1.165, 1.54) is 25.9 Å². The Morgan fingerprint density at radius 2 is 1.11 bits per heavy atom. The van der Waals surface area contributed by atoms with Crippen molar-refractivity contribution in [1.29, 1.82) is 0 Å². The zero-order valence-electron chi connectivity index (χ0n) is 34.2. The lowest BCUT2D eigenvalue weighted by atomic mass is 10.1. The molecule has 0 fully saturated rings. The number of aryl methyl sites for hydroxylation is 2. The van der Waals surface area contributed by atoms with Gasteiger partial charge in [-0.1, -0.05) is 48.5 Å². The van der Waals surface area contributed by atoms with Gasteiger partial charge >= 0.3 is 0 Å². The minimum Gasteiger partial charge on any atom is -0.461 e. The van der Waals surface area contributed by atoms with Crippen LogP contribution in [0.5, 0.6) is 0 Å². The summed E-state index contributed by atoms with van der Waals surface area (Å²) >= 11 is 0. The molecule has 0 aliphatic heterocycles. The number of hydrogen-bond donors (Lipinski definition) is 4. The van der Waals surface area contributed by atoms with E-state index in [4.69, 9.17) is 26.0 Å². The van der Waals surface area contributed by atoms with Crippen molar-refractivity contribution in [3.63, 3.8) is 0 Å². The van der Waals surface area contributed by atoms with Crippen molar-refractivity contribution in [1.82, 2.24) is 89.5 Å². The predicted molar refractivity (Wildman–Crippen MR) is 228 cm³/mol. The fourth-order valence-electron chi connectivity index (χ4n) is 5.78. The van der Waals surface area contributed by atoms with Gasteiger partial charge in [0.05, 0.1) is 26.6 Å². The number of nitrogen functional groups attached to an aromatic ring is 2. The summed E-state index contributed by atoms with van der Waals surface area (Å²) in [5, 5.41) is 35.0. The number of sulfone groups is 1. The molecule has 64 heavy (non-hydrogen) atoms. The van der Waals surface area contributed by atoms with Crippen LogP contribution in [-0.4, -0.2) is 117 Å². The van der Waals surface area contributed by atoms with Gasteiger partial charge in [0.1, 0.15) is 0 Å². The van der Waals surface area contributed by atoms with Crippen LogP contribution >= 0.6 is 0 Å². The Morgan fingerprint density at radius 1 is 0.609 bits per heavy atom. The minimum atomic E-state index is -3.57. The molecule has 0 unspecified atom stereocenters. The molecule has 10 aromatic rings. The van der Waals surface area contributed by atoms with Crippen molar-refractivity contribution in [3.05, 3.63) is 96.4 Å². The van der Waals surface area contributed by atoms with Gasteiger partial charge in [-0.25, -0.2) is 8.42 Å². The number of nitrogens with one attached hydrogen (secondary N) is 1. The van der Waals surface area contributed by atoms with E-state index in [1.807, 2.05) is 48.5 Å². The van der Waals surface area contributed by atoms with Crippen molar-refractivity contribution < 1.29 is 17.3 Å². The van der Waals surface area contributed by atoms with E-state index in [0.717, 1.165) is 40.3 Å². The SMILES string of the molecule is CS(=O)(=O)c1nc(N)n2nc(-c3ccco3)nc2n1.Cn1nnc(-c2ccc(CCN)cc2)n1.Cn1nnc(-c2ccc(CCNc3nc(N)n4nc(-c5ccco5)nc4n3)cc2)n1. The highest BCUT2D eigenvalue weighted by molar-refractivity contribution is 7.90. The number of benzene rings is 2. The number of rotatable bonds is 11. The molecule has 326 valence electrons. The first kappa shape index (κ1) is 42.1. The van der Waals surface area contributed by atoms with Crippen LogP contribution in [0.2, 0.25) is 0 Å². The van der Waals surface area contributed by atoms with Gasteiger partial charge in [-0.3, -0.25) is 0 Å². The largest absolute Gasteiger partial charge is 0.461 e. The molecular formula is C37H38N22O4S. The van der Waals surface area contributed by atoms with Crippen molar-refractivity contribution >= 4 is 39.2 Å². The molecule has 8 heterocycles. The summed E-state index contributed by atoms with van der Waals surface area (Å²) in [6, 6.07) is 22.9. The van der Waals surface area contributed by atoms with E-state index in [1.54, 1.807) is 44.6 Å². The van der Waals surface area contributed by atoms with Crippen molar-refractivity contribution in [2.24, 2.45) is 19.8 Å². The highest BCUT2D eigenvalue weighted by Gasteiger charge is 2.19. The first-order valence-corrected chi connectivity index (χ1v) is 21.0. The van der Waals surface area contributed by atoms with E-state index >= 15 is 0 Å². The van der Waals surface area contributed by atoms with Crippen LogP contribution < -0.4 is 22.5 Å². The molecular weight excluding hydrogens is 849 g/mol. The fourth-order valence-corrected chi connectivity index (χ4v) is 6.29. The molecule has 0 bridgehead atoms. The standard InChI is InChI=1S/C18H17N11O.C10H13N5.C9H8N6O3S/c1-28-25-14(24-27-28)12-6-4-11(5-7-12)8-9-20-17-22-16(19)29-18(23-17)21-15(26-29)13-3-2-10-30-13;1-15-13-10(12-14-15)9-4-2-8(3-5-9)6-7-11;1-19(16,17)9-12-7(10)15-8(13-9)11-6(14-15)5-3-2-4-18-5/h2-7,10H,8-9H2,1H3,(H3,19,20,21,22,23,26);2-5H,6-7,11H2,1H3;2-4H,1H3,(H2,10,11,12,13,14). The first-order valence-electron chi connectivity index (χ1n) is 19.1. The number of tetrazole rings is 2. The monoisotopic (exact) mass is 886 g/mol. The van der Waals surface area contributed by atoms with Crippen LogP contribution in [-0.2, 0) is 36.8 Å². The highest BCUT2D eigenvalue weighted by atomic mass is 32.2. The number of furan rings is 2. The predicted octanol–water partition coefficient (Wildman–Crippen LogP) is 1.35. The van der Waals surface area contributed by atoms with E-state index in [2.05, 4.69) is 76.2 Å². The van der Waals surface area contributed by atoms with Crippen molar-refractivity contribution in [2.45, 2.75) is 18.0 Å². The second-order valence-corrected chi connectivity index (χ2v) is 15.5. The normalized spacial score (nSPS) is 11.3. The molecule has 0 aliphatic carbocycles. The van der Waals surface area contributed by atoms with Crippen LogP contribution in [0.3, 0.4) is 0 Å². The molecule has 7 N–H and O–H groups in total. The Kier molecular flexibility index (Phi) is 12.0. The Bertz CT molecular complexity index is 3230. The van der Waals surface area contributed by atoms with Crippen LogP contribution in [0.4, 0.5) is 17.8 Å². The zero-order valence-corrected chi connectivity index (χ0v) is 35.1. The average molecular weight is 887 g/mol. The van der Waals surface area contributed by atoms with E-state index < -0.39 is 15.0 Å². The zero-order chi connectivity index (χ0) is 44.8. The van der Waals surface area contributed by atoms with Gasteiger partial charge in [0, 0.05) is 23.9 Å². The molecule has 8 aromatic heterocycles. The third kappa shape index (κ3) is 9.79. The lowest BCUT2D eigenvalue weighted by Crippen LogP contribution is -2.12. The number of nitrogens with two attached hydrogens (primary N) is 3. The van der Waals surface area contributed by atoms with Gasteiger partial charge in [-0.2, -0.15) is 48.5 Å². The highest BCUT2D eigenvalue weighted by Crippen LogP contribution is 2.20. The summed E-state index contributed by atoms with van der Waals surface area (Å²) in [6.07, 6.45) is 5.68. The van der Waals surface area contributed by atoms with Gasteiger partial charge in [0.2, 0.25) is 51.0 Å². The lowest BCUT2D eigenvalue weighted by molar-refractivity contribution is 0.577. The Balaban J connectivity index is 0.000000141. The maximum absolute atomic E-state index is 11.4. The topological polar surface area (TPSA) is 350 Å². The molecule has 0 radical (unpaired) electrons. The molecule has 0 spiro atoms. The summed E-state index contributed by atoms with van der Waals surface area (Å²) in [5.74, 6) is 3.70. The Labute approximate surface area is 361 Å². The number of anilines is 3. The van der Waals surface area contributed by atoms with Crippen LogP contribution in [0.15, 0.2) is 99.3 Å². The van der Waals surface area contributed by atoms with E-state index in [9.17, 15) is 8.42 Å². The summed E-state index contributed by atoms with van der Waals surface area (Å²) < 4.78 is 35.8. The number of nitrogens with zero attached hydrogens (tertiary/aromatic N) is 18. The van der Waals surface area contributed by atoms with Gasteiger partial charge in [-0.15, -0.1) is 30.6 Å². The average Bonchev–Trinajstić information content (AvgIpc) is 4.13. The quantitative estimate of drug-likeness (QED) is 0.142. The van der Waals surface area contributed by atoms with Crippen molar-refractivity contribution in [3.8, 4) is 45.9 Å². The minimum absolute atomic E-state index is 0.0410. The van der Waals surface area contributed by atoms with Crippen LogP contribution in [0.1, 0.15) is 11.1 Å². The number of hydrogen-bond acceptors (Lipinski definition) is 22. The fraction of sp³-hybridized carbons (Fsp3) is 0.189. The lowest BCUT2D eigenvalue weighted by Gasteiger charge is -2.06. The molecule has 0 saturated heterocycles. The van der Waals surface area contributed by atoms with E-state index in [0.29, 0.717) is 53.8 Å². The van der Waals surface area contributed by atoms with E-state index in [-0.39, 0.29) is 23.5 Å². The van der Waals surface area contributed by atoms with Gasteiger partial charge in [0.15, 0.2) is 11.5 Å². The maximum atomic E-state index is 11.4. The third-order valence-corrected chi connectivity index (χ3v) is 9.68. The molecule has 0 aliphatic rings. The van der Waals surface area contributed by atoms with Gasteiger partial charge < -0.3 is 31.4 Å². The Hall–Kier alpha value is -8.59.